The molecule has 0 aliphatic carbocycles. The number of rotatable bonds is 9. The molecule has 10 heteroatoms. The zero-order valence-electron chi connectivity index (χ0n) is 13.7. The first-order chi connectivity index (χ1) is 11.9. The van der Waals surface area contributed by atoms with E-state index in [9.17, 15) is 19.3 Å². The van der Waals surface area contributed by atoms with Crippen LogP contribution in [0, 0.1) is 11.8 Å². The van der Waals surface area contributed by atoms with E-state index in [0.717, 1.165) is 5.56 Å². The van der Waals surface area contributed by atoms with Gasteiger partial charge in [-0.15, -0.1) is 16.5 Å². The number of benzene rings is 1. The number of nitrogens with zero attached hydrogens (tertiary/aromatic N) is 2. The Kier molecular flexibility index (Phi) is 8.34. The van der Waals surface area contributed by atoms with Crippen LogP contribution in [0.1, 0.15) is 18.4 Å². The molecule has 1 rings (SSSR count). The summed E-state index contributed by atoms with van der Waals surface area (Å²) in [6, 6.07) is 5.07. The van der Waals surface area contributed by atoms with Crippen molar-refractivity contribution in [2.45, 2.75) is 25.8 Å². The summed E-state index contributed by atoms with van der Waals surface area (Å²) in [7, 11) is 0. The third kappa shape index (κ3) is 7.17. The maximum atomic E-state index is 12.4. The average molecular weight is 370 g/mol. The van der Waals surface area contributed by atoms with Gasteiger partial charge in [-0.2, -0.15) is 5.01 Å². The highest BCUT2D eigenvalue weighted by Gasteiger charge is 2.24. The Labute approximate surface area is 149 Å². The van der Waals surface area contributed by atoms with Gasteiger partial charge in [-0.25, -0.2) is 4.79 Å². The predicted octanol–water partition coefficient (Wildman–Crippen LogP) is 1.50. The summed E-state index contributed by atoms with van der Waals surface area (Å²) in [6.45, 7) is 1.79. The van der Waals surface area contributed by atoms with Gasteiger partial charge >= 0.3 is 6.03 Å². The summed E-state index contributed by atoms with van der Waals surface area (Å²) in [5.41, 5.74) is 6.64. The number of hydrogen-bond donors (Lipinski definition) is 3. The Morgan fingerprint density at radius 1 is 1.28 bits per heavy atom. The number of anilines is 1. The molecule has 25 heavy (non-hydrogen) atoms. The normalized spacial score (nSPS) is 11.3. The van der Waals surface area contributed by atoms with Gasteiger partial charge < -0.3 is 16.4 Å². The Balaban J connectivity index is 2.81. The summed E-state index contributed by atoms with van der Waals surface area (Å²) in [5.74, 6) is -1.16. The highest BCUT2D eigenvalue weighted by atomic mass is 35.5. The average Bonchev–Trinajstić information content (AvgIpc) is 2.57. The van der Waals surface area contributed by atoms with Gasteiger partial charge in [0.2, 0.25) is 11.8 Å². The number of primary amides is 1. The smallest absolute Gasteiger partial charge is 0.341 e. The Morgan fingerprint density at radius 2 is 1.92 bits per heavy atom. The van der Waals surface area contributed by atoms with Crippen LogP contribution in [0.3, 0.4) is 0 Å². The molecule has 1 unspecified atom stereocenters. The monoisotopic (exact) mass is 369 g/mol. The molecule has 0 bridgehead atoms. The van der Waals surface area contributed by atoms with E-state index in [4.69, 9.17) is 17.3 Å². The lowest BCUT2D eigenvalue weighted by Gasteiger charge is -2.20. The van der Waals surface area contributed by atoms with Crippen molar-refractivity contribution in [2.75, 3.05) is 17.7 Å². The second-order valence-corrected chi connectivity index (χ2v) is 5.63. The molecule has 0 fully saturated rings. The van der Waals surface area contributed by atoms with Crippen LogP contribution in [-0.4, -0.2) is 41.3 Å². The molecule has 0 aliphatic heterocycles. The van der Waals surface area contributed by atoms with Crippen LogP contribution in [0.5, 0.6) is 0 Å². The number of halogens is 1. The molecule has 0 heterocycles. The van der Waals surface area contributed by atoms with E-state index in [2.05, 4.69) is 15.9 Å². The quantitative estimate of drug-likeness (QED) is 0.345. The van der Waals surface area contributed by atoms with Crippen molar-refractivity contribution in [3.05, 3.63) is 34.7 Å². The summed E-state index contributed by atoms with van der Waals surface area (Å²) >= 11 is 5.48. The van der Waals surface area contributed by atoms with Gasteiger partial charge in [0.05, 0.1) is 11.8 Å². The molecular weight excluding hydrogens is 350 g/mol. The van der Waals surface area contributed by atoms with Crippen molar-refractivity contribution in [1.29, 1.82) is 0 Å². The molecule has 0 aromatic heterocycles. The molecular formula is C15H20ClN5O4. The van der Waals surface area contributed by atoms with Gasteiger partial charge in [0.25, 0.3) is 0 Å². The highest BCUT2D eigenvalue weighted by molar-refractivity contribution is 6.18. The summed E-state index contributed by atoms with van der Waals surface area (Å²) in [4.78, 5) is 46.0. The molecule has 9 nitrogen and oxygen atoms in total. The first-order valence-corrected chi connectivity index (χ1v) is 8.04. The third-order valence-corrected chi connectivity index (χ3v) is 3.41. The Bertz CT molecular complexity index is 623. The number of alkyl halides is 1. The molecule has 1 aromatic rings. The van der Waals surface area contributed by atoms with Crippen molar-refractivity contribution in [2.24, 2.45) is 11.0 Å². The standard InChI is InChI=1S/C15H20ClN5O4/c1-10-2-4-11(5-3-10)18-14(23)12(6-7-13(17)22)19-15(24)21(20-25)9-8-16/h2-5,12H,6-9H2,1H3,(H2,17,22)(H,18,23)(H,19,24). The second-order valence-electron chi connectivity index (χ2n) is 5.26. The van der Waals surface area contributed by atoms with Crippen LogP contribution in [0.15, 0.2) is 29.6 Å². The topological polar surface area (TPSA) is 134 Å². The zero-order valence-corrected chi connectivity index (χ0v) is 14.5. The second kappa shape index (κ2) is 10.2. The SMILES string of the molecule is Cc1ccc(NC(=O)C(CCC(N)=O)NC(=O)N(CCCl)N=O)cc1. The van der Waals surface area contributed by atoms with Crippen LogP contribution < -0.4 is 16.4 Å². The Morgan fingerprint density at radius 3 is 2.44 bits per heavy atom. The third-order valence-electron chi connectivity index (χ3n) is 3.24. The minimum atomic E-state index is -1.07. The minimum absolute atomic E-state index is 0.000670. The number of nitrogens with two attached hydrogens (primary N) is 1. The van der Waals surface area contributed by atoms with Gasteiger partial charge in [0, 0.05) is 18.0 Å². The molecule has 136 valence electrons. The van der Waals surface area contributed by atoms with Crippen molar-refractivity contribution >= 4 is 35.1 Å². The van der Waals surface area contributed by atoms with Gasteiger partial charge in [-0.3, -0.25) is 9.59 Å². The lowest BCUT2D eigenvalue weighted by molar-refractivity contribution is -0.119. The molecule has 1 aromatic carbocycles. The van der Waals surface area contributed by atoms with Crippen molar-refractivity contribution < 1.29 is 14.4 Å². The van der Waals surface area contributed by atoms with E-state index >= 15 is 0 Å². The van der Waals surface area contributed by atoms with E-state index < -0.39 is 23.9 Å². The predicted molar refractivity (Wildman–Crippen MR) is 93.8 cm³/mol. The van der Waals surface area contributed by atoms with Crippen LogP contribution in [0.25, 0.3) is 0 Å². The lowest BCUT2D eigenvalue weighted by Crippen LogP contribution is -2.48. The Hall–Kier alpha value is -2.68. The van der Waals surface area contributed by atoms with Crippen LogP contribution in [0.2, 0.25) is 0 Å². The number of aryl methyl sites for hydroxylation is 1. The first-order valence-electron chi connectivity index (χ1n) is 7.50. The van der Waals surface area contributed by atoms with Gasteiger partial charge in [-0.05, 0) is 25.5 Å². The number of nitroso groups, excluding NO2 is 1. The fraction of sp³-hybridized carbons (Fsp3) is 0.400. The summed E-state index contributed by atoms with van der Waals surface area (Å²) in [5, 5.41) is 8.08. The molecule has 0 saturated heterocycles. The zero-order chi connectivity index (χ0) is 18.8. The molecule has 4 N–H and O–H groups in total. The maximum Gasteiger partial charge on any atom is 0.341 e. The molecule has 1 atom stereocenters. The summed E-state index contributed by atoms with van der Waals surface area (Å²) < 4.78 is 0. The minimum Gasteiger partial charge on any atom is -0.370 e. The number of urea groups is 1. The molecule has 0 aliphatic rings. The van der Waals surface area contributed by atoms with Crippen molar-refractivity contribution in [3.63, 3.8) is 0 Å². The number of hydrogen-bond acceptors (Lipinski definition) is 5. The van der Waals surface area contributed by atoms with E-state index in [-0.39, 0.29) is 25.3 Å². The molecule has 0 radical (unpaired) electrons. The fourth-order valence-corrected chi connectivity index (χ4v) is 2.06. The number of amides is 4. The van der Waals surface area contributed by atoms with Gasteiger partial charge in [0.15, 0.2) is 0 Å². The van der Waals surface area contributed by atoms with Gasteiger partial charge in [-0.1, -0.05) is 17.7 Å². The molecule has 0 spiro atoms. The van der Waals surface area contributed by atoms with Crippen LogP contribution >= 0.6 is 11.6 Å². The first kappa shape index (κ1) is 20.4. The number of nitrogens with one attached hydrogen (secondary N) is 2. The maximum absolute atomic E-state index is 12.4. The fourth-order valence-electron chi connectivity index (χ4n) is 1.90. The molecule has 0 saturated carbocycles. The van der Waals surface area contributed by atoms with E-state index in [1.54, 1.807) is 12.1 Å². The van der Waals surface area contributed by atoms with Gasteiger partial charge in [0.1, 0.15) is 6.04 Å². The van der Waals surface area contributed by atoms with Crippen molar-refractivity contribution in [1.82, 2.24) is 10.3 Å². The van der Waals surface area contributed by atoms with Crippen molar-refractivity contribution in [3.8, 4) is 0 Å². The van der Waals surface area contributed by atoms with Crippen LogP contribution in [0.4, 0.5) is 10.5 Å². The van der Waals surface area contributed by atoms with Crippen LogP contribution in [-0.2, 0) is 9.59 Å². The van der Waals surface area contributed by atoms with E-state index in [1.165, 1.54) is 0 Å². The number of carbonyl (C=O) groups excluding carboxylic acids is 3. The largest absolute Gasteiger partial charge is 0.370 e. The summed E-state index contributed by atoms with van der Waals surface area (Å²) in [6.07, 6.45) is -0.136. The number of carbonyl (C=O) groups is 3. The highest BCUT2D eigenvalue weighted by Crippen LogP contribution is 2.10. The molecule has 4 amide bonds. The van der Waals surface area contributed by atoms with E-state index in [0.29, 0.717) is 10.7 Å². The lowest BCUT2D eigenvalue weighted by atomic mass is 10.1. The van der Waals surface area contributed by atoms with E-state index in [1.807, 2.05) is 19.1 Å².